The minimum Gasteiger partial charge on any atom is -0.497 e. The van der Waals surface area contributed by atoms with Gasteiger partial charge in [0.1, 0.15) is 11.6 Å². The average Bonchev–Trinajstić information content (AvgIpc) is 2.90. The van der Waals surface area contributed by atoms with E-state index in [1.807, 2.05) is 13.8 Å². The third kappa shape index (κ3) is 2.67. The topological polar surface area (TPSA) is 119 Å². The fourth-order valence-electron chi connectivity index (χ4n) is 3.17. The van der Waals surface area contributed by atoms with E-state index < -0.39 is 28.3 Å². The first kappa shape index (κ1) is 16.7. The summed E-state index contributed by atoms with van der Waals surface area (Å²) in [6, 6.07) is 4.90. The van der Waals surface area contributed by atoms with E-state index in [0.717, 1.165) is 0 Å². The molecule has 132 valence electrons. The number of nitrogens with one attached hydrogen (secondary N) is 2. The number of H-pyrrole nitrogens is 1. The number of hydrogen-bond donors (Lipinski definition) is 2. The first-order valence-corrected chi connectivity index (χ1v) is 7.77. The van der Waals surface area contributed by atoms with E-state index in [2.05, 4.69) is 10.4 Å². The van der Waals surface area contributed by atoms with Crippen molar-refractivity contribution < 1.29 is 14.5 Å². The smallest absolute Gasteiger partial charge is 0.301 e. The molecule has 1 aliphatic rings. The highest BCUT2D eigenvalue weighted by Gasteiger charge is 2.48. The number of rotatable bonds is 4. The minimum absolute atomic E-state index is 0.130. The third-order valence-corrected chi connectivity index (χ3v) is 4.30. The molecule has 1 aromatic heterocycles. The number of nitro groups is 1. The summed E-state index contributed by atoms with van der Waals surface area (Å²) in [7, 11) is 1.48. The Labute approximate surface area is 142 Å². The molecular weight excluding hydrogens is 328 g/mol. The number of amides is 1. The number of hydrogen-bond acceptors (Lipinski definition) is 5. The Bertz CT molecular complexity index is 898. The van der Waals surface area contributed by atoms with E-state index in [-0.39, 0.29) is 17.4 Å². The van der Waals surface area contributed by atoms with Crippen LogP contribution in [0.25, 0.3) is 0 Å². The molecule has 0 unspecified atom stereocenters. The lowest BCUT2D eigenvalue weighted by Gasteiger charge is -2.26. The highest BCUT2D eigenvalue weighted by molar-refractivity contribution is 5.97. The van der Waals surface area contributed by atoms with E-state index in [4.69, 9.17) is 4.74 Å². The predicted octanol–water partition coefficient (Wildman–Crippen LogP) is 1.50. The molecule has 1 amide bonds. The van der Waals surface area contributed by atoms with E-state index in [9.17, 15) is 19.7 Å². The minimum atomic E-state index is -1.59. The van der Waals surface area contributed by atoms with Crippen LogP contribution in [-0.4, -0.2) is 33.8 Å². The van der Waals surface area contributed by atoms with Crippen LogP contribution in [0.4, 0.5) is 5.82 Å². The molecule has 2 atom stereocenters. The molecule has 9 heteroatoms. The highest BCUT2D eigenvalue weighted by Crippen LogP contribution is 2.38. The second kappa shape index (κ2) is 6.08. The van der Waals surface area contributed by atoms with Crippen molar-refractivity contribution in [2.45, 2.75) is 31.8 Å². The molecule has 0 fully saturated rings. The summed E-state index contributed by atoms with van der Waals surface area (Å²) >= 11 is 0. The summed E-state index contributed by atoms with van der Waals surface area (Å²) in [6.45, 7) is 3.67. The Balaban J connectivity index is 2.27. The molecule has 1 aromatic carbocycles. The van der Waals surface area contributed by atoms with E-state index in [0.29, 0.717) is 11.3 Å². The summed E-state index contributed by atoms with van der Waals surface area (Å²) in [5.41, 5.74) is 0.204. The van der Waals surface area contributed by atoms with Crippen molar-refractivity contribution in [2.24, 2.45) is 0 Å². The van der Waals surface area contributed by atoms with Crippen molar-refractivity contribution in [1.29, 1.82) is 0 Å². The Hall–Kier alpha value is -3.10. The zero-order valence-corrected chi connectivity index (χ0v) is 14.0. The Kier molecular flexibility index (Phi) is 4.07. The largest absolute Gasteiger partial charge is 0.497 e. The van der Waals surface area contributed by atoms with Gasteiger partial charge >= 0.3 is 11.9 Å². The quantitative estimate of drug-likeness (QED) is 0.642. The summed E-state index contributed by atoms with van der Waals surface area (Å²) in [4.78, 5) is 35.8. The molecule has 0 radical (unpaired) electrons. The second-order valence-electron chi connectivity index (χ2n) is 6.14. The van der Waals surface area contributed by atoms with Crippen LogP contribution in [0.1, 0.15) is 36.9 Å². The molecule has 0 saturated carbocycles. The summed E-state index contributed by atoms with van der Waals surface area (Å²) in [5, 5.41) is 16.7. The van der Waals surface area contributed by atoms with Crippen LogP contribution in [0, 0.1) is 10.1 Å². The number of fused-ring (bicyclic) bond motifs is 1. The zero-order valence-electron chi connectivity index (χ0n) is 14.0. The zero-order chi connectivity index (χ0) is 18.3. The summed E-state index contributed by atoms with van der Waals surface area (Å²) in [6.07, 6.45) is 0. The van der Waals surface area contributed by atoms with E-state index in [1.165, 1.54) is 11.8 Å². The van der Waals surface area contributed by atoms with Crippen molar-refractivity contribution in [3.63, 3.8) is 0 Å². The Morgan fingerprint density at radius 2 is 2.04 bits per heavy atom. The van der Waals surface area contributed by atoms with Crippen LogP contribution in [0.3, 0.4) is 0 Å². The molecule has 0 aliphatic carbocycles. The number of benzene rings is 1. The fraction of sp³-hybridized carbons (Fsp3) is 0.375. The number of anilines is 1. The molecule has 2 aromatic rings. The van der Waals surface area contributed by atoms with Crippen molar-refractivity contribution >= 4 is 11.7 Å². The maximum atomic E-state index is 12.5. The molecule has 3 rings (SSSR count). The Morgan fingerprint density at radius 1 is 1.32 bits per heavy atom. The maximum Gasteiger partial charge on any atom is 0.301 e. The molecule has 0 saturated heterocycles. The fourth-order valence-corrected chi connectivity index (χ4v) is 3.17. The molecule has 9 nitrogen and oxygen atoms in total. The van der Waals surface area contributed by atoms with Gasteiger partial charge in [-0.05, 0) is 31.5 Å². The van der Waals surface area contributed by atoms with Gasteiger partial charge in [-0.2, -0.15) is 0 Å². The average molecular weight is 346 g/mol. The molecule has 25 heavy (non-hydrogen) atoms. The van der Waals surface area contributed by atoms with Gasteiger partial charge in [0.15, 0.2) is 0 Å². The normalized spacial score (nSPS) is 19.4. The van der Waals surface area contributed by atoms with Crippen LogP contribution in [0.5, 0.6) is 5.75 Å². The van der Waals surface area contributed by atoms with E-state index in [1.54, 1.807) is 24.3 Å². The maximum absolute atomic E-state index is 12.5. The number of nitrogens with zero attached hydrogens (tertiary/aromatic N) is 2. The predicted molar refractivity (Wildman–Crippen MR) is 89.7 cm³/mol. The molecule has 0 bridgehead atoms. The van der Waals surface area contributed by atoms with Crippen LogP contribution in [-0.2, 0) is 4.79 Å². The Morgan fingerprint density at radius 3 is 2.64 bits per heavy atom. The lowest BCUT2D eigenvalue weighted by Crippen LogP contribution is -2.45. The van der Waals surface area contributed by atoms with Crippen LogP contribution in [0.2, 0.25) is 0 Å². The van der Waals surface area contributed by atoms with Gasteiger partial charge in [0.25, 0.3) is 5.56 Å². The first-order valence-electron chi connectivity index (χ1n) is 7.77. The van der Waals surface area contributed by atoms with Gasteiger partial charge in [0, 0.05) is 11.0 Å². The van der Waals surface area contributed by atoms with Gasteiger partial charge in [0.05, 0.1) is 18.6 Å². The molecular formula is C16H18N4O5. The van der Waals surface area contributed by atoms with Crippen molar-refractivity contribution in [1.82, 2.24) is 9.78 Å². The van der Waals surface area contributed by atoms with Gasteiger partial charge < -0.3 is 10.1 Å². The van der Waals surface area contributed by atoms with E-state index >= 15 is 0 Å². The van der Waals surface area contributed by atoms with Gasteiger partial charge in [-0.1, -0.05) is 12.1 Å². The number of methoxy groups -OCH3 is 1. The van der Waals surface area contributed by atoms with Crippen molar-refractivity contribution in [2.75, 3.05) is 12.4 Å². The first-order chi connectivity index (χ1) is 11.8. The van der Waals surface area contributed by atoms with Crippen molar-refractivity contribution in [3.05, 3.63) is 55.9 Å². The lowest BCUT2D eigenvalue weighted by atomic mass is 9.83. The number of aromatic amines is 1. The third-order valence-electron chi connectivity index (χ3n) is 4.30. The monoisotopic (exact) mass is 346 g/mol. The standard InChI is InChI=1S/C16H18N4O5/c1-8(2)19-14-12(15(21)18-19)11(13(20(23)24)16(22)17-14)9-5-4-6-10(7-9)25-3/h4-8,11,13H,1-3H3,(H,17,22)(H,18,21)/t11-,13-/m1/s1. The lowest BCUT2D eigenvalue weighted by molar-refractivity contribution is -0.509. The van der Waals surface area contributed by atoms with Crippen molar-refractivity contribution in [3.8, 4) is 5.75 Å². The number of carbonyl (C=O) groups is 1. The molecule has 0 spiro atoms. The molecule has 2 N–H and O–H groups in total. The summed E-state index contributed by atoms with van der Waals surface area (Å²) < 4.78 is 6.68. The second-order valence-corrected chi connectivity index (χ2v) is 6.14. The highest BCUT2D eigenvalue weighted by atomic mass is 16.6. The molecule has 1 aliphatic heterocycles. The van der Waals surface area contributed by atoms with Gasteiger partial charge in [-0.15, -0.1) is 0 Å². The molecule has 2 heterocycles. The number of carbonyl (C=O) groups excluding carboxylic acids is 1. The van der Waals surface area contributed by atoms with Gasteiger partial charge in [0.2, 0.25) is 0 Å². The summed E-state index contributed by atoms with van der Waals surface area (Å²) in [5.74, 6) is -0.987. The van der Waals surface area contributed by atoms with Gasteiger partial charge in [-0.25, -0.2) is 0 Å². The number of aromatic nitrogens is 2. The van der Waals surface area contributed by atoms with Crippen LogP contribution in [0.15, 0.2) is 29.1 Å². The van der Waals surface area contributed by atoms with Crippen LogP contribution >= 0.6 is 0 Å². The van der Waals surface area contributed by atoms with Crippen LogP contribution < -0.4 is 15.6 Å². The van der Waals surface area contributed by atoms with Gasteiger partial charge in [-0.3, -0.25) is 29.5 Å². The number of ether oxygens (including phenoxy) is 1. The SMILES string of the molecule is COc1cccc([C@@H]2c3c(n(C(C)C)[nH]c3=O)NC(=O)[C@@H]2[N+](=O)[O-])c1.